The van der Waals surface area contributed by atoms with E-state index in [-0.39, 0.29) is 0 Å². The first-order valence-electron chi connectivity index (χ1n) is 8.27. The molecule has 1 aliphatic carbocycles. The van der Waals surface area contributed by atoms with Gasteiger partial charge in [0.15, 0.2) is 0 Å². The average Bonchev–Trinajstić information content (AvgIpc) is 2.36. The lowest BCUT2D eigenvalue weighted by atomic mass is 9.75. The molecule has 20 heavy (non-hydrogen) atoms. The van der Waals surface area contributed by atoms with Gasteiger partial charge >= 0.3 is 0 Å². The van der Waals surface area contributed by atoms with Crippen molar-refractivity contribution in [2.75, 3.05) is 33.9 Å². The summed E-state index contributed by atoms with van der Waals surface area (Å²) in [5, 5.41) is 3.58. The summed E-state index contributed by atoms with van der Waals surface area (Å²) in [5.74, 6) is 0.707. The highest BCUT2D eigenvalue weighted by atomic mass is 16.5. The molecule has 1 N–H and O–H groups in total. The maximum Gasteiger partial charge on any atom is 0.0630 e. The Morgan fingerprint density at radius 2 is 1.80 bits per heavy atom. The van der Waals surface area contributed by atoms with Gasteiger partial charge in [-0.1, -0.05) is 27.7 Å². The fourth-order valence-electron chi connectivity index (χ4n) is 3.14. The molecule has 0 bridgehead atoms. The van der Waals surface area contributed by atoms with Crippen molar-refractivity contribution in [3.63, 3.8) is 0 Å². The molecular weight excluding hydrogens is 248 g/mol. The van der Waals surface area contributed by atoms with Crippen molar-refractivity contribution in [3.8, 4) is 0 Å². The molecule has 1 unspecified atom stereocenters. The molecule has 0 saturated heterocycles. The number of likely N-dealkylation sites (N-methyl/N-ethyl adjacent to an activating group) is 1. The van der Waals surface area contributed by atoms with Crippen LogP contribution in [0.1, 0.15) is 53.4 Å². The Bertz CT molecular complexity index is 256. The molecule has 1 rings (SSSR count). The summed E-state index contributed by atoms with van der Waals surface area (Å²) in [4.78, 5) is 2.56. The second-order valence-corrected chi connectivity index (χ2v) is 7.72. The first-order valence-corrected chi connectivity index (χ1v) is 8.27. The largest absolute Gasteiger partial charge is 0.383 e. The Balaban J connectivity index is 2.44. The summed E-state index contributed by atoms with van der Waals surface area (Å²) in [6, 6.07) is 1.22. The van der Waals surface area contributed by atoms with Crippen molar-refractivity contribution in [1.29, 1.82) is 0 Å². The van der Waals surface area contributed by atoms with E-state index in [1.165, 1.54) is 25.7 Å². The Labute approximate surface area is 126 Å². The van der Waals surface area contributed by atoms with E-state index in [0.29, 0.717) is 17.4 Å². The van der Waals surface area contributed by atoms with Gasteiger partial charge in [-0.25, -0.2) is 0 Å². The lowest BCUT2D eigenvalue weighted by Gasteiger charge is -2.41. The molecule has 120 valence electrons. The molecule has 0 radical (unpaired) electrons. The minimum absolute atomic E-state index is 0.491. The molecule has 1 saturated carbocycles. The quantitative estimate of drug-likeness (QED) is 0.741. The number of hydrogen-bond donors (Lipinski definition) is 1. The summed E-state index contributed by atoms with van der Waals surface area (Å²) in [7, 11) is 4.09. The van der Waals surface area contributed by atoms with E-state index in [9.17, 15) is 0 Å². The van der Waals surface area contributed by atoms with Gasteiger partial charge in [-0.15, -0.1) is 0 Å². The fraction of sp³-hybridized carbons (Fsp3) is 1.00. The van der Waals surface area contributed by atoms with Crippen molar-refractivity contribution in [3.05, 3.63) is 0 Å². The fourth-order valence-corrected chi connectivity index (χ4v) is 3.14. The van der Waals surface area contributed by atoms with Crippen LogP contribution in [0.15, 0.2) is 0 Å². The SMILES string of the molecule is COCC(CNCC(C)C)N(C)C1CCC(C)(C)CC1. The summed E-state index contributed by atoms with van der Waals surface area (Å²) in [5.41, 5.74) is 0.546. The van der Waals surface area contributed by atoms with Crippen LogP contribution in [0.4, 0.5) is 0 Å². The van der Waals surface area contributed by atoms with Crippen molar-refractivity contribution in [1.82, 2.24) is 10.2 Å². The van der Waals surface area contributed by atoms with Crippen LogP contribution in [0.25, 0.3) is 0 Å². The van der Waals surface area contributed by atoms with Crippen molar-refractivity contribution >= 4 is 0 Å². The third kappa shape index (κ3) is 6.11. The van der Waals surface area contributed by atoms with Gasteiger partial charge in [-0.2, -0.15) is 0 Å². The standard InChI is InChI=1S/C17H36N2O/c1-14(2)11-18-12-16(13-20-6)19(5)15-7-9-17(3,4)10-8-15/h14-16,18H,7-13H2,1-6H3. The van der Waals surface area contributed by atoms with Crippen LogP contribution in [0, 0.1) is 11.3 Å². The van der Waals surface area contributed by atoms with Gasteiger partial charge in [0.1, 0.15) is 0 Å². The van der Waals surface area contributed by atoms with E-state index < -0.39 is 0 Å². The number of hydrogen-bond acceptors (Lipinski definition) is 3. The van der Waals surface area contributed by atoms with Gasteiger partial charge in [-0.05, 0) is 50.6 Å². The van der Waals surface area contributed by atoms with Gasteiger partial charge in [0.2, 0.25) is 0 Å². The van der Waals surface area contributed by atoms with Crippen LogP contribution in [-0.2, 0) is 4.74 Å². The molecule has 1 aliphatic rings. The van der Waals surface area contributed by atoms with Gasteiger partial charge < -0.3 is 10.1 Å². The zero-order chi connectivity index (χ0) is 15.2. The molecule has 0 aromatic heterocycles. The minimum Gasteiger partial charge on any atom is -0.383 e. The van der Waals surface area contributed by atoms with E-state index in [4.69, 9.17) is 4.74 Å². The second-order valence-electron chi connectivity index (χ2n) is 7.72. The Morgan fingerprint density at radius 3 is 2.30 bits per heavy atom. The number of nitrogens with zero attached hydrogens (tertiary/aromatic N) is 1. The summed E-state index contributed by atoms with van der Waals surface area (Å²) < 4.78 is 5.43. The Hall–Kier alpha value is -0.120. The number of rotatable bonds is 8. The smallest absolute Gasteiger partial charge is 0.0630 e. The molecule has 0 aliphatic heterocycles. The predicted molar refractivity (Wildman–Crippen MR) is 87.2 cm³/mol. The maximum absolute atomic E-state index is 5.43. The molecule has 0 amide bonds. The molecule has 0 heterocycles. The Morgan fingerprint density at radius 1 is 1.20 bits per heavy atom. The molecule has 0 spiro atoms. The second kappa shape index (κ2) is 8.35. The van der Waals surface area contributed by atoms with Gasteiger partial charge in [0, 0.05) is 25.7 Å². The van der Waals surface area contributed by atoms with Crippen LogP contribution < -0.4 is 5.32 Å². The van der Waals surface area contributed by atoms with Crippen molar-refractivity contribution in [2.45, 2.75) is 65.5 Å². The Kier molecular flexibility index (Phi) is 7.49. The summed E-state index contributed by atoms with van der Waals surface area (Å²) in [6.45, 7) is 12.3. The lowest BCUT2D eigenvalue weighted by Crippen LogP contribution is -2.49. The monoisotopic (exact) mass is 284 g/mol. The molecule has 0 aromatic rings. The molecule has 3 heteroatoms. The number of nitrogens with one attached hydrogen (secondary N) is 1. The lowest BCUT2D eigenvalue weighted by molar-refractivity contribution is 0.0493. The molecular formula is C17H36N2O. The van der Waals surface area contributed by atoms with E-state index >= 15 is 0 Å². The zero-order valence-electron chi connectivity index (χ0n) is 14.5. The normalized spacial score (nSPS) is 21.6. The highest BCUT2D eigenvalue weighted by molar-refractivity contribution is 4.86. The van der Waals surface area contributed by atoms with E-state index in [2.05, 4.69) is 45.0 Å². The average molecular weight is 284 g/mol. The maximum atomic E-state index is 5.43. The third-order valence-corrected chi connectivity index (χ3v) is 4.75. The molecule has 1 atom stereocenters. The minimum atomic E-state index is 0.491. The first-order chi connectivity index (χ1) is 9.35. The number of ether oxygens (including phenoxy) is 1. The third-order valence-electron chi connectivity index (χ3n) is 4.75. The predicted octanol–water partition coefficient (Wildman–Crippen LogP) is 3.15. The summed E-state index contributed by atoms with van der Waals surface area (Å²) in [6.07, 6.45) is 5.35. The van der Waals surface area contributed by atoms with Crippen LogP contribution in [0.5, 0.6) is 0 Å². The molecule has 3 nitrogen and oxygen atoms in total. The topological polar surface area (TPSA) is 24.5 Å². The highest BCUT2D eigenvalue weighted by Crippen LogP contribution is 2.36. The molecule has 0 aromatic carbocycles. The summed E-state index contributed by atoms with van der Waals surface area (Å²) >= 11 is 0. The van der Waals surface area contributed by atoms with Crippen LogP contribution in [0.2, 0.25) is 0 Å². The zero-order valence-corrected chi connectivity index (χ0v) is 14.5. The van der Waals surface area contributed by atoms with Crippen LogP contribution in [0.3, 0.4) is 0 Å². The van der Waals surface area contributed by atoms with Crippen LogP contribution >= 0.6 is 0 Å². The van der Waals surface area contributed by atoms with Gasteiger partial charge in [0.25, 0.3) is 0 Å². The van der Waals surface area contributed by atoms with E-state index in [1.807, 2.05) is 7.11 Å². The van der Waals surface area contributed by atoms with E-state index in [0.717, 1.165) is 25.7 Å². The van der Waals surface area contributed by atoms with E-state index in [1.54, 1.807) is 0 Å². The number of methoxy groups -OCH3 is 1. The van der Waals surface area contributed by atoms with Crippen LogP contribution in [-0.4, -0.2) is 50.8 Å². The highest BCUT2D eigenvalue weighted by Gasteiger charge is 2.31. The van der Waals surface area contributed by atoms with Crippen molar-refractivity contribution in [2.24, 2.45) is 11.3 Å². The van der Waals surface area contributed by atoms with Gasteiger partial charge in [0.05, 0.1) is 6.61 Å². The van der Waals surface area contributed by atoms with Gasteiger partial charge in [-0.3, -0.25) is 4.90 Å². The van der Waals surface area contributed by atoms with Crippen molar-refractivity contribution < 1.29 is 4.74 Å². The molecule has 1 fully saturated rings. The first kappa shape index (κ1) is 17.9.